The van der Waals surface area contributed by atoms with E-state index in [1.807, 2.05) is 13.8 Å². The summed E-state index contributed by atoms with van der Waals surface area (Å²) in [5.41, 5.74) is -0.383. The Bertz CT molecular complexity index is 997. The number of hydrogen-bond donors (Lipinski definition) is 0. The van der Waals surface area contributed by atoms with Gasteiger partial charge in [-0.05, 0) is 18.9 Å². The molecule has 0 atom stereocenters. The molecule has 1 rings (SSSR count). The van der Waals surface area contributed by atoms with Gasteiger partial charge < -0.3 is 0 Å². The van der Waals surface area contributed by atoms with Gasteiger partial charge in [0, 0.05) is 11.1 Å². The number of rotatable bonds is 12. The predicted molar refractivity (Wildman–Crippen MR) is 110 cm³/mol. The maximum absolute atomic E-state index is 11.7. The predicted octanol–water partition coefficient (Wildman–Crippen LogP) is 2.43. The van der Waals surface area contributed by atoms with Crippen molar-refractivity contribution in [2.45, 2.75) is 39.5 Å². The van der Waals surface area contributed by atoms with Gasteiger partial charge >= 0.3 is 20.2 Å². The molecule has 0 saturated carbocycles. The lowest BCUT2D eigenvalue weighted by Crippen LogP contribution is -2.10. The van der Waals surface area contributed by atoms with E-state index in [9.17, 15) is 27.4 Å². The lowest BCUT2D eigenvalue weighted by Gasteiger charge is -2.04. The van der Waals surface area contributed by atoms with Crippen molar-refractivity contribution >= 4 is 31.7 Å². The highest BCUT2D eigenvalue weighted by molar-refractivity contribution is 7.86. The summed E-state index contributed by atoms with van der Waals surface area (Å²) in [7, 11) is -7.84. The molecule has 0 unspecified atom stereocenters. The summed E-state index contributed by atoms with van der Waals surface area (Å²) < 4.78 is 56.0. The van der Waals surface area contributed by atoms with Gasteiger partial charge in [0.05, 0.1) is 11.5 Å². The number of unbranched alkanes of at least 4 members (excludes halogenated alkanes) is 2. The molecule has 0 spiro atoms. The lowest BCUT2D eigenvalue weighted by molar-refractivity contribution is 0.338. The van der Waals surface area contributed by atoms with Crippen molar-refractivity contribution in [3.05, 3.63) is 35.4 Å². The first-order valence-electron chi connectivity index (χ1n) is 9.07. The first-order valence-corrected chi connectivity index (χ1v) is 12.2. The SMILES string of the molecule is CCCCS(=O)(=O)O/N=C(\C#N)c1cccc(/C(C#N)=N\OS(=O)(=O)CCCC)c1. The highest BCUT2D eigenvalue weighted by Crippen LogP contribution is 2.11. The van der Waals surface area contributed by atoms with Crippen LogP contribution in [0.25, 0.3) is 0 Å². The van der Waals surface area contributed by atoms with Crippen molar-refractivity contribution in [2.24, 2.45) is 10.3 Å². The molecule has 0 fully saturated rings. The van der Waals surface area contributed by atoms with Gasteiger partial charge in [0.25, 0.3) is 0 Å². The van der Waals surface area contributed by atoms with Gasteiger partial charge in [-0.1, -0.05) is 55.2 Å². The highest BCUT2D eigenvalue weighted by Gasteiger charge is 2.15. The van der Waals surface area contributed by atoms with Crippen molar-refractivity contribution in [2.75, 3.05) is 11.5 Å². The standard InChI is InChI=1S/C18H22N4O6S2/c1-3-5-10-29(23,24)27-21-17(13-19)15-8-7-9-16(12-15)18(14-20)22-28-30(25,26)11-6-4-2/h7-9,12H,3-6,10-11H2,1-2H3/b21-17-,22-18+. The highest BCUT2D eigenvalue weighted by atomic mass is 32.2. The molecule has 0 N–H and O–H groups in total. The fourth-order valence-corrected chi connectivity index (χ4v) is 3.80. The van der Waals surface area contributed by atoms with Crippen molar-refractivity contribution in [3.8, 4) is 12.1 Å². The molecule has 12 heteroatoms. The Labute approximate surface area is 176 Å². The summed E-state index contributed by atoms with van der Waals surface area (Å²) in [5, 5.41) is 25.4. The van der Waals surface area contributed by atoms with E-state index in [-0.39, 0.29) is 34.1 Å². The molecular formula is C18H22N4O6S2. The molecule has 0 bridgehead atoms. The minimum absolute atomic E-state index is 0.150. The first kappa shape index (κ1) is 25.1. The fraction of sp³-hybridized carbons (Fsp3) is 0.444. The van der Waals surface area contributed by atoms with Crippen LogP contribution in [0.1, 0.15) is 50.7 Å². The Kier molecular flexibility index (Phi) is 9.95. The maximum atomic E-state index is 11.7. The topological polar surface area (TPSA) is 159 Å². The average molecular weight is 455 g/mol. The van der Waals surface area contributed by atoms with Crippen LogP contribution in [0.4, 0.5) is 0 Å². The van der Waals surface area contributed by atoms with Crippen LogP contribution in [0, 0.1) is 22.7 Å². The van der Waals surface area contributed by atoms with Gasteiger partial charge in [-0.3, -0.25) is 8.57 Å². The minimum Gasteiger partial charge on any atom is -0.267 e. The van der Waals surface area contributed by atoms with Crippen LogP contribution >= 0.6 is 0 Å². The largest absolute Gasteiger partial charge is 0.328 e. The summed E-state index contributed by atoms with van der Waals surface area (Å²) in [6, 6.07) is 9.11. The van der Waals surface area contributed by atoms with Crippen LogP contribution in [0.3, 0.4) is 0 Å². The van der Waals surface area contributed by atoms with Crippen molar-refractivity contribution in [1.29, 1.82) is 10.5 Å². The average Bonchev–Trinajstić information content (AvgIpc) is 2.72. The zero-order valence-corrected chi connectivity index (χ0v) is 18.2. The van der Waals surface area contributed by atoms with Gasteiger partial charge in [-0.15, -0.1) is 0 Å². The molecule has 0 aromatic heterocycles. The van der Waals surface area contributed by atoms with E-state index in [1.165, 1.54) is 24.3 Å². The van der Waals surface area contributed by atoms with E-state index in [1.54, 1.807) is 12.1 Å². The van der Waals surface area contributed by atoms with E-state index >= 15 is 0 Å². The third kappa shape index (κ3) is 8.59. The van der Waals surface area contributed by atoms with Crippen molar-refractivity contribution in [1.82, 2.24) is 0 Å². The number of nitriles is 2. The summed E-state index contributed by atoms with van der Waals surface area (Å²) in [6.45, 7) is 3.64. The van der Waals surface area contributed by atoms with Gasteiger partial charge in [-0.2, -0.15) is 27.4 Å². The van der Waals surface area contributed by atoms with Crippen LogP contribution < -0.4 is 0 Å². The number of hydrogen-bond acceptors (Lipinski definition) is 10. The smallest absolute Gasteiger partial charge is 0.267 e. The Morgan fingerprint density at radius 3 is 1.60 bits per heavy atom. The van der Waals surface area contributed by atoms with Crippen LogP contribution in [0.5, 0.6) is 0 Å². The second-order valence-electron chi connectivity index (χ2n) is 6.06. The van der Waals surface area contributed by atoms with E-state index in [0.29, 0.717) is 25.7 Å². The molecule has 0 heterocycles. The molecule has 0 aliphatic carbocycles. The molecule has 162 valence electrons. The Hall–Kier alpha value is -2.96. The van der Waals surface area contributed by atoms with Gasteiger partial charge in [0.15, 0.2) is 11.4 Å². The van der Waals surface area contributed by atoms with Crippen molar-refractivity contribution in [3.63, 3.8) is 0 Å². The summed E-state index contributed by atoms with van der Waals surface area (Å²) in [4.78, 5) is 0. The fourth-order valence-electron chi connectivity index (χ4n) is 1.99. The third-order valence-electron chi connectivity index (χ3n) is 3.60. The van der Waals surface area contributed by atoms with E-state index in [4.69, 9.17) is 0 Å². The molecule has 0 amide bonds. The van der Waals surface area contributed by atoms with Crippen LogP contribution in [0.2, 0.25) is 0 Å². The summed E-state index contributed by atoms with van der Waals surface area (Å²) in [5.74, 6) is -0.471. The Balaban J connectivity index is 3.12. The second kappa shape index (κ2) is 11.9. The third-order valence-corrected chi connectivity index (χ3v) is 5.78. The molecule has 0 radical (unpaired) electrons. The molecule has 0 aliphatic heterocycles. The van der Waals surface area contributed by atoms with Crippen molar-refractivity contribution < 1.29 is 25.4 Å². The Morgan fingerprint density at radius 1 is 0.867 bits per heavy atom. The number of benzene rings is 1. The summed E-state index contributed by atoms with van der Waals surface area (Å²) in [6.07, 6.45) is 2.06. The van der Waals surface area contributed by atoms with Crippen LogP contribution in [-0.4, -0.2) is 39.8 Å². The van der Waals surface area contributed by atoms with E-state index < -0.39 is 20.2 Å². The summed E-state index contributed by atoms with van der Waals surface area (Å²) >= 11 is 0. The number of oxime groups is 2. The van der Waals surface area contributed by atoms with Gasteiger partial charge in [0.2, 0.25) is 0 Å². The van der Waals surface area contributed by atoms with Gasteiger partial charge in [-0.25, -0.2) is 0 Å². The number of nitrogens with zero attached hydrogens (tertiary/aromatic N) is 4. The lowest BCUT2D eigenvalue weighted by atomic mass is 10.0. The maximum Gasteiger partial charge on any atom is 0.328 e. The minimum atomic E-state index is -3.92. The zero-order valence-electron chi connectivity index (χ0n) is 16.6. The second-order valence-corrected chi connectivity index (χ2v) is 9.41. The normalized spacial score (nSPS) is 12.7. The monoisotopic (exact) mass is 454 g/mol. The van der Waals surface area contributed by atoms with Crippen LogP contribution in [-0.2, 0) is 28.8 Å². The molecule has 1 aromatic rings. The van der Waals surface area contributed by atoms with Gasteiger partial charge in [0.1, 0.15) is 12.1 Å². The Morgan fingerprint density at radius 2 is 1.27 bits per heavy atom. The molecule has 0 aliphatic rings. The molecular weight excluding hydrogens is 432 g/mol. The molecule has 0 saturated heterocycles. The van der Waals surface area contributed by atoms with Crippen LogP contribution in [0.15, 0.2) is 34.6 Å². The van der Waals surface area contributed by atoms with E-state index in [0.717, 1.165) is 0 Å². The van der Waals surface area contributed by atoms with E-state index in [2.05, 4.69) is 18.9 Å². The molecule has 10 nitrogen and oxygen atoms in total. The first-order chi connectivity index (χ1) is 14.2. The quantitative estimate of drug-likeness (QED) is 0.344. The molecule has 1 aromatic carbocycles. The molecule has 30 heavy (non-hydrogen) atoms. The zero-order chi connectivity index (χ0) is 22.6.